The lowest BCUT2D eigenvalue weighted by molar-refractivity contribution is -0.118. The van der Waals surface area contributed by atoms with E-state index in [1.54, 1.807) is 12.1 Å². The van der Waals surface area contributed by atoms with E-state index in [1.807, 2.05) is 6.92 Å². The van der Waals surface area contributed by atoms with E-state index in [9.17, 15) is 9.90 Å². The quantitative estimate of drug-likeness (QED) is 0.547. The van der Waals surface area contributed by atoms with Crippen molar-refractivity contribution in [3.05, 3.63) is 46.8 Å². The van der Waals surface area contributed by atoms with E-state index in [2.05, 4.69) is 46.2 Å². The third-order valence-electron chi connectivity index (χ3n) is 4.60. The van der Waals surface area contributed by atoms with Crippen LogP contribution in [0.3, 0.4) is 0 Å². The standard InChI is InChI=1S/C21H27N5O2/c1-13-10-14(2)20-18(11-13)26(12-17-19(28)7-6-15(3)24-17)21(25-20)23-9-5-8-22-16(4)27/h6-7,10-11,28H,5,8-9,12H2,1-4H3,(H,22,27)(H,23,25). The maximum atomic E-state index is 11.0. The van der Waals surface area contributed by atoms with Crippen molar-refractivity contribution in [2.24, 2.45) is 0 Å². The number of aromatic hydroxyl groups is 1. The number of benzene rings is 1. The van der Waals surface area contributed by atoms with Crippen LogP contribution in [-0.2, 0) is 11.3 Å². The van der Waals surface area contributed by atoms with Crippen molar-refractivity contribution in [2.75, 3.05) is 18.4 Å². The number of aryl methyl sites for hydroxylation is 3. The molecule has 0 aliphatic heterocycles. The average Bonchev–Trinajstić information content (AvgIpc) is 2.95. The molecule has 0 spiro atoms. The zero-order valence-electron chi connectivity index (χ0n) is 16.8. The Morgan fingerprint density at radius 2 is 1.93 bits per heavy atom. The maximum absolute atomic E-state index is 11.0. The molecular weight excluding hydrogens is 354 g/mol. The lowest BCUT2D eigenvalue weighted by Crippen LogP contribution is -2.23. The minimum atomic E-state index is -0.0284. The summed E-state index contributed by atoms with van der Waals surface area (Å²) in [6.07, 6.45) is 0.786. The Morgan fingerprint density at radius 3 is 2.68 bits per heavy atom. The number of carbonyl (C=O) groups is 1. The molecule has 3 rings (SSSR count). The molecule has 2 aromatic heterocycles. The molecule has 3 N–H and O–H groups in total. The Labute approximate surface area is 164 Å². The van der Waals surface area contributed by atoms with Gasteiger partial charge in [-0.25, -0.2) is 4.98 Å². The van der Waals surface area contributed by atoms with Gasteiger partial charge in [0.15, 0.2) is 0 Å². The van der Waals surface area contributed by atoms with Crippen LogP contribution >= 0.6 is 0 Å². The second-order valence-electron chi connectivity index (χ2n) is 7.15. The molecule has 0 aliphatic rings. The molecule has 148 valence electrons. The van der Waals surface area contributed by atoms with Gasteiger partial charge in [0, 0.05) is 25.7 Å². The van der Waals surface area contributed by atoms with Gasteiger partial charge in [0.2, 0.25) is 11.9 Å². The van der Waals surface area contributed by atoms with Crippen molar-refractivity contribution in [3.8, 4) is 5.75 Å². The Balaban J connectivity index is 1.93. The molecule has 7 nitrogen and oxygen atoms in total. The predicted molar refractivity (Wildman–Crippen MR) is 111 cm³/mol. The van der Waals surface area contributed by atoms with Crippen molar-refractivity contribution in [3.63, 3.8) is 0 Å². The van der Waals surface area contributed by atoms with Gasteiger partial charge in [-0.15, -0.1) is 0 Å². The van der Waals surface area contributed by atoms with E-state index >= 15 is 0 Å². The monoisotopic (exact) mass is 381 g/mol. The number of pyridine rings is 1. The number of rotatable bonds is 7. The van der Waals surface area contributed by atoms with E-state index < -0.39 is 0 Å². The summed E-state index contributed by atoms with van der Waals surface area (Å²) in [5, 5.41) is 16.4. The highest BCUT2D eigenvalue weighted by molar-refractivity contribution is 5.83. The number of carbonyl (C=O) groups excluding carboxylic acids is 1. The van der Waals surface area contributed by atoms with Gasteiger partial charge >= 0.3 is 0 Å². The second-order valence-corrected chi connectivity index (χ2v) is 7.15. The van der Waals surface area contributed by atoms with Crippen LogP contribution in [0.2, 0.25) is 0 Å². The Morgan fingerprint density at radius 1 is 1.14 bits per heavy atom. The van der Waals surface area contributed by atoms with Crippen molar-refractivity contribution in [1.29, 1.82) is 0 Å². The van der Waals surface area contributed by atoms with Gasteiger partial charge in [-0.05, 0) is 56.5 Å². The Kier molecular flexibility index (Phi) is 5.82. The summed E-state index contributed by atoms with van der Waals surface area (Å²) >= 11 is 0. The first kappa shape index (κ1) is 19.7. The van der Waals surface area contributed by atoms with Crippen molar-refractivity contribution < 1.29 is 9.90 Å². The van der Waals surface area contributed by atoms with Gasteiger partial charge in [-0.3, -0.25) is 9.78 Å². The summed E-state index contributed by atoms with van der Waals surface area (Å²) in [5.41, 5.74) is 5.67. The van der Waals surface area contributed by atoms with Gasteiger partial charge in [0.25, 0.3) is 0 Å². The molecular formula is C21H27N5O2. The van der Waals surface area contributed by atoms with Crippen LogP contribution < -0.4 is 10.6 Å². The fourth-order valence-corrected chi connectivity index (χ4v) is 3.29. The molecule has 0 atom stereocenters. The van der Waals surface area contributed by atoms with Gasteiger partial charge < -0.3 is 20.3 Å². The third-order valence-corrected chi connectivity index (χ3v) is 4.60. The Bertz CT molecular complexity index is 1010. The van der Waals surface area contributed by atoms with Crippen molar-refractivity contribution in [2.45, 2.75) is 40.7 Å². The molecule has 28 heavy (non-hydrogen) atoms. The molecule has 0 unspecified atom stereocenters. The summed E-state index contributed by atoms with van der Waals surface area (Å²) in [6.45, 7) is 9.24. The second kappa shape index (κ2) is 8.29. The normalized spacial score (nSPS) is 11.0. The Hall–Kier alpha value is -3.09. The van der Waals surface area contributed by atoms with Crippen LogP contribution in [0.4, 0.5) is 5.95 Å². The number of imidazole rings is 1. The topological polar surface area (TPSA) is 92.1 Å². The van der Waals surface area contributed by atoms with Crippen LogP contribution in [-0.4, -0.2) is 38.6 Å². The van der Waals surface area contributed by atoms with Crippen molar-refractivity contribution in [1.82, 2.24) is 19.9 Å². The summed E-state index contributed by atoms with van der Waals surface area (Å²) in [6, 6.07) is 7.68. The smallest absolute Gasteiger partial charge is 0.216 e. The van der Waals surface area contributed by atoms with E-state index in [1.165, 1.54) is 6.92 Å². The SMILES string of the molecule is CC(=O)NCCCNc1nc2c(C)cc(C)cc2n1Cc1nc(C)ccc1O. The molecule has 0 radical (unpaired) electrons. The molecule has 1 amide bonds. The lowest BCUT2D eigenvalue weighted by atomic mass is 10.1. The molecule has 0 saturated heterocycles. The number of hydrogen-bond acceptors (Lipinski definition) is 5. The largest absolute Gasteiger partial charge is 0.506 e. The van der Waals surface area contributed by atoms with E-state index in [-0.39, 0.29) is 11.7 Å². The molecule has 2 heterocycles. The number of hydrogen-bond donors (Lipinski definition) is 3. The van der Waals surface area contributed by atoms with E-state index in [4.69, 9.17) is 4.98 Å². The number of anilines is 1. The maximum Gasteiger partial charge on any atom is 0.216 e. The van der Waals surface area contributed by atoms with Gasteiger partial charge in [-0.2, -0.15) is 0 Å². The first-order valence-corrected chi connectivity index (χ1v) is 9.46. The minimum Gasteiger partial charge on any atom is -0.506 e. The molecule has 0 saturated carbocycles. The average molecular weight is 381 g/mol. The van der Waals surface area contributed by atoms with Crippen LogP contribution in [0.1, 0.15) is 35.9 Å². The predicted octanol–water partition coefficient (Wildman–Crippen LogP) is 3.05. The molecule has 1 aromatic carbocycles. The van der Waals surface area contributed by atoms with Crippen LogP contribution in [0.5, 0.6) is 5.75 Å². The van der Waals surface area contributed by atoms with E-state index in [0.29, 0.717) is 25.3 Å². The highest BCUT2D eigenvalue weighted by Gasteiger charge is 2.15. The molecule has 7 heteroatoms. The zero-order chi connectivity index (χ0) is 20.3. The highest BCUT2D eigenvalue weighted by Crippen LogP contribution is 2.27. The van der Waals surface area contributed by atoms with Crippen LogP contribution in [0.25, 0.3) is 11.0 Å². The van der Waals surface area contributed by atoms with Crippen LogP contribution in [0, 0.1) is 20.8 Å². The minimum absolute atomic E-state index is 0.0284. The molecule has 3 aromatic rings. The third kappa shape index (κ3) is 4.42. The van der Waals surface area contributed by atoms with Crippen LogP contribution in [0.15, 0.2) is 24.3 Å². The zero-order valence-corrected chi connectivity index (χ0v) is 16.8. The molecule has 0 fully saturated rings. The van der Waals surface area contributed by atoms with E-state index in [0.717, 1.165) is 40.2 Å². The summed E-state index contributed by atoms with van der Waals surface area (Å²) < 4.78 is 2.05. The first-order valence-electron chi connectivity index (χ1n) is 9.46. The molecule has 0 aliphatic carbocycles. The fraction of sp³-hybridized carbons (Fsp3) is 0.381. The summed E-state index contributed by atoms with van der Waals surface area (Å²) in [7, 11) is 0. The first-order chi connectivity index (χ1) is 13.3. The summed E-state index contributed by atoms with van der Waals surface area (Å²) in [5.74, 6) is 0.877. The number of nitrogens with zero attached hydrogens (tertiary/aromatic N) is 3. The van der Waals surface area contributed by atoms with Crippen molar-refractivity contribution >= 4 is 22.9 Å². The summed E-state index contributed by atoms with van der Waals surface area (Å²) in [4.78, 5) is 20.3. The number of fused-ring (bicyclic) bond motifs is 1. The molecule has 0 bridgehead atoms. The highest BCUT2D eigenvalue weighted by atomic mass is 16.3. The van der Waals surface area contributed by atoms with Gasteiger partial charge in [-0.1, -0.05) is 6.07 Å². The fourth-order valence-electron chi connectivity index (χ4n) is 3.29. The van der Waals surface area contributed by atoms with Gasteiger partial charge in [0.1, 0.15) is 11.4 Å². The lowest BCUT2D eigenvalue weighted by Gasteiger charge is -2.12. The number of aromatic nitrogens is 3. The number of amides is 1. The number of nitrogens with one attached hydrogen (secondary N) is 2. The van der Waals surface area contributed by atoms with Gasteiger partial charge in [0.05, 0.1) is 17.6 Å².